The molecule has 0 aliphatic rings. The number of fused-ring (bicyclic) bond motifs is 1. The first kappa shape index (κ1) is 23.1. The SMILES string of the molecule is CCCCCCCCOc1c(OCCCCCC)c2ccc(N)cc2n(C)c1=O. The van der Waals surface area contributed by atoms with Gasteiger partial charge in [0.15, 0.2) is 5.75 Å². The summed E-state index contributed by atoms with van der Waals surface area (Å²) >= 11 is 0. The van der Waals surface area contributed by atoms with Gasteiger partial charge in [-0.05, 0) is 31.0 Å². The van der Waals surface area contributed by atoms with Gasteiger partial charge in [0.2, 0.25) is 5.75 Å². The Morgan fingerprint density at radius 2 is 1.38 bits per heavy atom. The van der Waals surface area contributed by atoms with Crippen molar-refractivity contribution in [2.24, 2.45) is 7.05 Å². The van der Waals surface area contributed by atoms with Crippen LogP contribution in [0, 0.1) is 0 Å². The Balaban J connectivity index is 2.17. The molecule has 0 saturated heterocycles. The lowest BCUT2D eigenvalue weighted by Gasteiger charge is -2.17. The molecule has 1 aromatic carbocycles. The van der Waals surface area contributed by atoms with E-state index >= 15 is 0 Å². The summed E-state index contributed by atoms with van der Waals surface area (Å²) in [7, 11) is 1.76. The second-order valence-electron chi connectivity index (χ2n) is 7.82. The minimum absolute atomic E-state index is 0.169. The van der Waals surface area contributed by atoms with Crippen LogP contribution in [0.2, 0.25) is 0 Å². The molecule has 5 nitrogen and oxygen atoms in total. The molecule has 0 aliphatic carbocycles. The van der Waals surface area contributed by atoms with Crippen molar-refractivity contribution in [3.8, 4) is 11.5 Å². The maximum atomic E-state index is 13.0. The van der Waals surface area contributed by atoms with E-state index in [0.29, 0.717) is 30.4 Å². The summed E-state index contributed by atoms with van der Waals surface area (Å²) < 4.78 is 13.7. The second-order valence-corrected chi connectivity index (χ2v) is 7.82. The molecule has 0 atom stereocenters. The summed E-state index contributed by atoms with van der Waals surface area (Å²) in [6.45, 7) is 5.53. The van der Waals surface area contributed by atoms with Gasteiger partial charge in [0.05, 0.1) is 18.7 Å². The third-order valence-corrected chi connectivity index (χ3v) is 5.32. The third kappa shape index (κ3) is 6.69. The lowest BCUT2D eigenvalue weighted by atomic mass is 10.1. The van der Waals surface area contributed by atoms with Gasteiger partial charge in [-0.3, -0.25) is 4.79 Å². The first-order valence-corrected chi connectivity index (χ1v) is 11.3. The Morgan fingerprint density at radius 3 is 2.03 bits per heavy atom. The molecule has 0 fully saturated rings. The quantitative estimate of drug-likeness (QED) is 0.319. The van der Waals surface area contributed by atoms with Crippen molar-refractivity contribution >= 4 is 16.6 Å². The number of ether oxygens (including phenoxy) is 2. The molecule has 0 saturated carbocycles. The Bertz CT molecular complexity index is 814. The largest absolute Gasteiger partial charge is 0.489 e. The maximum Gasteiger partial charge on any atom is 0.297 e. The van der Waals surface area contributed by atoms with Crippen LogP contribution in [0.1, 0.15) is 78.1 Å². The van der Waals surface area contributed by atoms with Gasteiger partial charge in [0.1, 0.15) is 0 Å². The molecule has 1 heterocycles. The van der Waals surface area contributed by atoms with Gasteiger partial charge in [-0.25, -0.2) is 0 Å². The monoisotopic (exact) mass is 402 g/mol. The Kier molecular flexibility index (Phi) is 9.89. The van der Waals surface area contributed by atoms with Crippen molar-refractivity contribution in [1.29, 1.82) is 0 Å². The zero-order valence-electron chi connectivity index (χ0n) is 18.5. The van der Waals surface area contributed by atoms with Crippen molar-refractivity contribution < 1.29 is 9.47 Å². The highest BCUT2D eigenvalue weighted by Gasteiger charge is 2.18. The van der Waals surface area contributed by atoms with Crippen LogP contribution in [0.25, 0.3) is 10.9 Å². The van der Waals surface area contributed by atoms with Gasteiger partial charge in [-0.15, -0.1) is 0 Å². The minimum Gasteiger partial charge on any atom is -0.489 e. The number of pyridine rings is 1. The molecule has 2 aromatic rings. The summed E-state index contributed by atoms with van der Waals surface area (Å²) in [6.07, 6.45) is 11.5. The highest BCUT2D eigenvalue weighted by Crippen LogP contribution is 2.34. The van der Waals surface area contributed by atoms with E-state index in [4.69, 9.17) is 15.2 Å². The number of nitrogens with two attached hydrogens (primary N) is 1. The van der Waals surface area contributed by atoms with E-state index in [0.717, 1.165) is 36.6 Å². The average Bonchev–Trinajstić information content (AvgIpc) is 2.72. The molecule has 1 aromatic heterocycles. The number of nitrogen functional groups attached to an aromatic ring is 1. The highest BCUT2D eigenvalue weighted by molar-refractivity contribution is 5.90. The van der Waals surface area contributed by atoms with E-state index in [1.165, 1.54) is 38.5 Å². The molecule has 0 bridgehead atoms. The van der Waals surface area contributed by atoms with Crippen LogP contribution in [0.3, 0.4) is 0 Å². The fourth-order valence-corrected chi connectivity index (χ4v) is 3.53. The van der Waals surface area contributed by atoms with Crippen molar-refractivity contribution in [2.45, 2.75) is 78.1 Å². The summed E-state index contributed by atoms with van der Waals surface area (Å²) in [6, 6.07) is 5.58. The normalized spacial score (nSPS) is 11.1. The molecular formula is C24H38N2O3. The average molecular weight is 403 g/mol. The smallest absolute Gasteiger partial charge is 0.297 e. The van der Waals surface area contributed by atoms with Gasteiger partial charge in [-0.1, -0.05) is 65.2 Å². The lowest BCUT2D eigenvalue weighted by molar-refractivity contribution is 0.257. The van der Waals surface area contributed by atoms with Crippen LogP contribution in [-0.4, -0.2) is 17.8 Å². The number of anilines is 1. The molecule has 2 rings (SSSR count). The molecule has 2 N–H and O–H groups in total. The first-order chi connectivity index (χ1) is 14.1. The van der Waals surface area contributed by atoms with Crippen molar-refractivity contribution in [3.63, 3.8) is 0 Å². The third-order valence-electron chi connectivity index (χ3n) is 5.32. The van der Waals surface area contributed by atoms with Gasteiger partial charge in [0, 0.05) is 18.1 Å². The summed E-state index contributed by atoms with van der Waals surface area (Å²) in [5, 5.41) is 0.870. The molecule has 0 aliphatic heterocycles. The molecule has 29 heavy (non-hydrogen) atoms. The minimum atomic E-state index is -0.169. The van der Waals surface area contributed by atoms with Gasteiger partial charge in [0.25, 0.3) is 5.56 Å². The second kappa shape index (κ2) is 12.4. The van der Waals surface area contributed by atoms with Crippen molar-refractivity contribution in [2.75, 3.05) is 18.9 Å². The Morgan fingerprint density at radius 1 is 0.828 bits per heavy atom. The van der Waals surface area contributed by atoms with Crippen LogP contribution in [0.5, 0.6) is 11.5 Å². The predicted molar refractivity (Wildman–Crippen MR) is 122 cm³/mol. The zero-order valence-corrected chi connectivity index (χ0v) is 18.5. The van der Waals surface area contributed by atoms with Crippen molar-refractivity contribution in [1.82, 2.24) is 4.57 Å². The molecule has 162 valence electrons. The van der Waals surface area contributed by atoms with E-state index in [9.17, 15) is 4.79 Å². The van der Waals surface area contributed by atoms with Crippen LogP contribution in [0.4, 0.5) is 5.69 Å². The fourth-order valence-electron chi connectivity index (χ4n) is 3.53. The number of nitrogens with zero attached hydrogens (tertiary/aromatic N) is 1. The number of aryl methyl sites for hydroxylation is 1. The van der Waals surface area contributed by atoms with E-state index < -0.39 is 0 Å². The fraction of sp³-hybridized carbons (Fsp3) is 0.625. The topological polar surface area (TPSA) is 66.5 Å². The van der Waals surface area contributed by atoms with Gasteiger partial charge < -0.3 is 19.8 Å². The van der Waals surface area contributed by atoms with E-state index in [1.54, 1.807) is 11.6 Å². The van der Waals surface area contributed by atoms with Gasteiger partial charge >= 0.3 is 0 Å². The Labute approximate surface area is 175 Å². The summed E-state index contributed by atoms with van der Waals surface area (Å²) in [5.41, 5.74) is 7.17. The lowest BCUT2D eigenvalue weighted by Crippen LogP contribution is -2.21. The first-order valence-electron chi connectivity index (χ1n) is 11.3. The molecule has 0 amide bonds. The van der Waals surface area contributed by atoms with E-state index in [1.807, 2.05) is 18.2 Å². The van der Waals surface area contributed by atoms with Crippen LogP contribution in [-0.2, 0) is 7.05 Å². The van der Waals surface area contributed by atoms with Crippen molar-refractivity contribution in [3.05, 3.63) is 28.6 Å². The van der Waals surface area contributed by atoms with E-state index in [2.05, 4.69) is 13.8 Å². The summed E-state index contributed by atoms with van der Waals surface area (Å²) in [5.74, 6) is 0.888. The molecular weight excluding hydrogens is 364 g/mol. The van der Waals surface area contributed by atoms with Gasteiger partial charge in [-0.2, -0.15) is 0 Å². The number of benzene rings is 1. The van der Waals surface area contributed by atoms with Crippen LogP contribution in [0.15, 0.2) is 23.0 Å². The summed E-state index contributed by atoms with van der Waals surface area (Å²) in [4.78, 5) is 13.0. The number of unbranched alkanes of at least 4 members (excludes halogenated alkanes) is 8. The number of rotatable bonds is 14. The number of aromatic nitrogens is 1. The standard InChI is InChI=1S/C24H38N2O3/c1-4-6-8-10-11-13-17-29-23-22(28-16-12-9-7-5-2)20-15-14-19(25)18-21(20)26(3)24(23)27/h14-15,18H,4-13,16-17,25H2,1-3H3. The molecule has 0 radical (unpaired) electrons. The number of hydrogen-bond donors (Lipinski definition) is 1. The van der Waals surface area contributed by atoms with E-state index in [-0.39, 0.29) is 5.56 Å². The Hall–Kier alpha value is -2.17. The van der Waals surface area contributed by atoms with Crippen LogP contribution < -0.4 is 20.8 Å². The number of hydrogen-bond acceptors (Lipinski definition) is 4. The maximum absolute atomic E-state index is 13.0. The molecule has 5 heteroatoms. The molecule has 0 spiro atoms. The highest BCUT2D eigenvalue weighted by atomic mass is 16.5. The molecule has 0 unspecified atom stereocenters. The predicted octanol–water partition coefficient (Wildman–Crippen LogP) is 5.82. The zero-order chi connectivity index (χ0) is 21.1. The van der Waals surface area contributed by atoms with Crippen LogP contribution >= 0.6 is 0 Å².